The number of rotatable bonds is 10. The second-order valence-corrected chi connectivity index (χ2v) is 10.8. The van der Waals surface area contributed by atoms with Gasteiger partial charge in [-0.25, -0.2) is 12.8 Å². The van der Waals surface area contributed by atoms with Gasteiger partial charge in [-0.1, -0.05) is 48.3 Å². The van der Waals surface area contributed by atoms with Crippen molar-refractivity contribution < 1.29 is 22.4 Å². The Labute approximate surface area is 209 Å². The van der Waals surface area contributed by atoms with Crippen LogP contribution in [0.2, 0.25) is 10.0 Å². The monoisotopic (exact) mass is 531 g/mol. The maximum atomic E-state index is 14.4. The Kier molecular flexibility index (Phi) is 9.73. The van der Waals surface area contributed by atoms with Crippen LogP contribution in [0.1, 0.15) is 32.8 Å². The van der Waals surface area contributed by atoms with Gasteiger partial charge in [0.15, 0.2) is 0 Å². The lowest BCUT2D eigenvalue weighted by Gasteiger charge is -2.32. The van der Waals surface area contributed by atoms with Gasteiger partial charge in [0.2, 0.25) is 21.8 Å². The van der Waals surface area contributed by atoms with Gasteiger partial charge in [0.05, 0.1) is 11.9 Å². The van der Waals surface area contributed by atoms with Gasteiger partial charge in [0.1, 0.15) is 18.4 Å². The molecule has 2 amide bonds. The number of benzene rings is 2. The van der Waals surface area contributed by atoms with E-state index >= 15 is 0 Å². The molecule has 0 saturated carbocycles. The molecule has 0 bridgehead atoms. The summed E-state index contributed by atoms with van der Waals surface area (Å²) in [5, 5.41) is 3.18. The summed E-state index contributed by atoms with van der Waals surface area (Å²) < 4.78 is 40.3. The van der Waals surface area contributed by atoms with Gasteiger partial charge in [-0.05, 0) is 44.5 Å². The van der Waals surface area contributed by atoms with Gasteiger partial charge >= 0.3 is 0 Å². The molecule has 2 atom stereocenters. The number of sulfonamides is 1. The first kappa shape index (κ1) is 27.9. The molecular weight excluding hydrogens is 504 g/mol. The topological polar surface area (TPSA) is 86.8 Å². The highest BCUT2D eigenvalue weighted by Gasteiger charge is 2.31. The summed E-state index contributed by atoms with van der Waals surface area (Å²) in [7, 11) is -3.94. The van der Waals surface area contributed by atoms with E-state index in [2.05, 4.69) is 5.32 Å². The minimum absolute atomic E-state index is 0.0934. The van der Waals surface area contributed by atoms with Gasteiger partial charge in [-0.2, -0.15) is 0 Å². The molecule has 0 aromatic heterocycles. The molecule has 0 spiro atoms. The van der Waals surface area contributed by atoms with E-state index in [4.69, 9.17) is 23.2 Å². The zero-order chi connectivity index (χ0) is 25.6. The van der Waals surface area contributed by atoms with Gasteiger partial charge < -0.3 is 10.2 Å². The van der Waals surface area contributed by atoms with E-state index in [0.717, 1.165) is 15.5 Å². The van der Waals surface area contributed by atoms with Gasteiger partial charge in [0, 0.05) is 28.2 Å². The first-order valence-electron chi connectivity index (χ1n) is 10.6. The fraction of sp³-hybridized carbons (Fsp3) is 0.391. The smallest absolute Gasteiger partial charge is 0.244 e. The summed E-state index contributed by atoms with van der Waals surface area (Å²) in [5.41, 5.74) is 0.284. The van der Waals surface area contributed by atoms with Gasteiger partial charge in [-0.3, -0.25) is 13.9 Å². The molecule has 11 heteroatoms. The first-order valence-corrected chi connectivity index (χ1v) is 13.2. The average molecular weight is 532 g/mol. The fourth-order valence-corrected chi connectivity index (χ4v) is 4.50. The predicted molar refractivity (Wildman–Crippen MR) is 133 cm³/mol. The van der Waals surface area contributed by atoms with Crippen LogP contribution in [0.5, 0.6) is 0 Å². The third-order valence-electron chi connectivity index (χ3n) is 5.28. The molecule has 0 heterocycles. The number of amides is 2. The third kappa shape index (κ3) is 7.58. The Morgan fingerprint density at radius 1 is 1.09 bits per heavy atom. The first-order chi connectivity index (χ1) is 15.8. The molecular formula is C23H28Cl2FN3O4S. The number of nitrogens with zero attached hydrogens (tertiary/aromatic N) is 2. The molecule has 0 aliphatic carbocycles. The van der Waals surface area contributed by atoms with Crippen molar-refractivity contribution in [1.29, 1.82) is 0 Å². The van der Waals surface area contributed by atoms with Crippen molar-refractivity contribution in [3.63, 3.8) is 0 Å². The molecule has 0 radical (unpaired) electrons. The zero-order valence-electron chi connectivity index (χ0n) is 19.4. The molecule has 0 unspecified atom stereocenters. The van der Waals surface area contributed by atoms with Crippen molar-refractivity contribution in [2.45, 2.75) is 45.8 Å². The Morgan fingerprint density at radius 3 is 2.21 bits per heavy atom. The molecule has 186 valence electrons. The van der Waals surface area contributed by atoms with E-state index in [1.807, 2.05) is 13.8 Å². The molecule has 34 heavy (non-hydrogen) atoms. The van der Waals surface area contributed by atoms with Crippen LogP contribution in [0.4, 0.5) is 10.1 Å². The van der Waals surface area contributed by atoms with Crippen LogP contribution in [0.25, 0.3) is 0 Å². The summed E-state index contributed by atoms with van der Waals surface area (Å²) in [6, 6.07) is 8.90. The second-order valence-electron chi connectivity index (χ2n) is 8.00. The van der Waals surface area contributed by atoms with E-state index in [1.165, 1.54) is 43.3 Å². The Bertz CT molecular complexity index is 1130. The number of halogens is 3. The zero-order valence-corrected chi connectivity index (χ0v) is 21.7. The van der Waals surface area contributed by atoms with E-state index in [0.29, 0.717) is 6.42 Å². The normalized spacial score (nSPS) is 13.1. The number of carbonyl (C=O) groups excluding carboxylic acids is 2. The number of anilines is 1. The van der Waals surface area contributed by atoms with Crippen LogP contribution < -0.4 is 9.62 Å². The maximum Gasteiger partial charge on any atom is 0.244 e. The average Bonchev–Trinajstić information content (AvgIpc) is 2.74. The number of hydrogen-bond donors (Lipinski definition) is 1. The molecule has 0 fully saturated rings. The second kappa shape index (κ2) is 11.9. The standard InChI is InChI=1S/C23H28Cl2FN3O4S/c1-5-15(2)27-23(31)16(3)28(13-17-8-6-7-9-21(17)26)22(30)14-29(34(4,32)33)20-11-18(24)10-19(25)12-20/h6-12,15-16H,5,13-14H2,1-4H3,(H,27,31)/t15-,16+/m1/s1. The van der Waals surface area contributed by atoms with Crippen LogP contribution in [-0.4, -0.2) is 50.0 Å². The fourth-order valence-electron chi connectivity index (χ4n) is 3.16. The summed E-state index contributed by atoms with van der Waals surface area (Å²) in [6.07, 6.45) is 1.62. The van der Waals surface area contributed by atoms with E-state index in [-0.39, 0.29) is 33.9 Å². The van der Waals surface area contributed by atoms with Crippen molar-refractivity contribution in [1.82, 2.24) is 10.2 Å². The summed E-state index contributed by atoms with van der Waals surface area (Å²) in [5.74, 6) is -1.68. The van der Waals surface area contributed by atoms with Crippen molar-refractivity contribution in [2.75, 3.05) is 17.1 Å². The van der Waals surface area contributed by atoms with Crippen LogP contribution in [0, 0.1) is 5.82 Å². The Morgan fingerprint density at radius 2 is 1.68 bits per heavy atom. The van der Waals surface area contributed by atoms with E-state index < -0.39 is 40.2 Å². The highest BCUT2D eigenvalue weighted by molar-refractivity contribution is 7.92. The molecule has 2 aromatic rings. The molecule has 0 aliphatic rings. The van der Waals surface area contributed by atoms with E-state index in [9.17, 15) is 22.4 Å². The molecule has 0 saturated heterocycles. The molecule has 7 nitrogen and oxygen atoms in total. The molecule has 2 aromatic carbocycles. The van der Waals surface area contributed by atoms with Crippen molar-refractivity contribution in [2.24, 2.45) is 0 Å². The maximum absolute atomic E-state index is 14.4. The van der Waals surface area contributed by atoms with Crippen LogP contribution in [0.3, 0.4) is 0 Å². The minimum Gasteiger partial charge on any atom is -0.352 e. The highest BCUT2D eigenvalue weighted by atomic mass is 35.5. The van der Waals surface area contributed by atoms with Crippen molar-refractivity contribution >= 4 is 50.7 Å². The Hall–Kier alpha value is -2.36. The van der Waals surface area contributed by atoms with E-state index in [1.54, 1.807) is 6.07 Å². The SMILES string of the molecule is CC[C@@H](C)NC(=O)[C@H](C)N(Cc1ccccc1F)C(=O)CN(c1cc(Cl)cc(Cl)c1)S(C)(=O)=O. The molecule has 0 aliphatic heterocycles. The number of hydrogen-bond acceptors (Lipinski definition) is 4. The van der Waals surface area contributed by atoms with Crippen LogP contribution >= 0.6 is 23.2 Å². The third-order valence-corrected chi connectivity index (χ3v) is 6.86. The van der Waals surface area contributed by atoms with Gasteiger partial charge in [-0.15, -0.1) is 0 Å². The summed E-state index contributed by atoms with van der Waals surface area (Å²) >= 11 is 12.1. The summed E-state index contributed by atoms with van der Waals surface area (Å²) in [4.78, 5) is 27.4. The van der Waals surface area contributed by atoms with Crippen LogP contribution in [0.15, 0.2) is 42.5 Å². The molecule has 1 N–H and O–H groups in total. The predicted octanol–water partition coefficient (Wildman–Crippen LogP) is 4.23. The lowest BCUT2D eigenvalue weighted by Crippen LogP contribution is -2.52. The van der Waals surface area contributed by atoms with Crippen molar-refractivity contribution in [3.05, 3.63) is 63.9 Å². The largest absolute Gasteiger partial charge is 0.352 e. The lowest BCUT2D eigenvalue weighted by molar-refractivity contribution is -0.139. The number of carbonyl (C=O) groups is 2. The Balaban J connectivity index is 2.43. The lowest BCUT2D eigenvalue weighted by atomic mass is 10.1. The molecule has 2 rings (SSSR count). The number of nitrogens with one attached hydrogen (secondary N) is 1. The van der Waals surface area contributed by atoms with Gasteiger partial charge in [0.25, 0.3) is 0 Å². The highest BCUT2D eigenvalue weighted by Crippen LogP contribution is 2.27. The van der Waals surface area contributed by atoms with Crippen molar-refractivity contribution in [3.8, 4) is 0 Å². The minimum atomic E-state index is -3.94. The van der Waals surface area contributed by atoms with Crippen LogP contribution in [-0.2, 0) is 26.2 Å². The summed E-state index contributed by atoms with van der Waals surface area (Å²) in [6.45, 7) is 4.37. The quantitative estimate of drug-likeness (QED) is 0.496.